The minimum Gasteiger partial charge on any atom is -0.497 e. The van der Waals surface area contributed by atoms with E-state index in [2.05, 4.69) is 4.98 Å². The molecule has 0 atom stereocenters. The number of hydrogen-bond acceptors (Lipinski definition) is 3. The highest BCUT2D eigenvalue weighted by atomic mass is 16.5. The number of carbonyl (C=O) groups is 1. The van der Waals surface area contributed by atoms with Crippen LogP contribution >= 0.6 is 0 Å². The number of benzene rings is 1. The van der Waals surface area contributed by atoms with E-state index in [0.29, 0.717) is 17.7 Å². The summed E-state index contributed by atoms with van der Waals surface area (Å²) in [5.41, 5.74) is 2.55. The van der Waals surface area contributed by atoms with Crippen LogP contribution in [0.4, 0.5) is 0 Å². The molecule has 0 saturated carbocycles. The van der Waals surface area contributed by atoms with Gasteiger partial charge < -0.3 is 4.74 Å². The third-order valence-corrected chi connectivity index (χ3v) is 2.58. The van der Waals surface area contributed by atoms with Gasteiger partial charge in [-0.2, -0.15) is 0 Å². The van der Waals surface area contributed by atoms with Gasteiger partial charge in [0.2, 0.25) is 0 Å². The Morgan fingerprint density at radius 2 is 2.18 bits per heavy atom. The van der Waals surface area contributed by atoms with Crippen LogP contribution in [-0.4, -0.2) is 18.4 Å². The first kappa shape index (κ1) is 11.3. The monoisotopic (exact) mass is 227 g/mol. The van der Waals surface area contributed by atoms with E-state index < -0.39 is 0 Å². The van der Waals surface area contributed by atoms with Gasteiger partial charge in [0.15, 0.2) is 0 Å². The lowest BCUT2D eigenvalue weighted by atomic mass is 10.0. The van der Waals surface area contributed by atoms with Crippen LogP contribution in [0.3, 0.4) is 0 Å². The Labute approximate surface area is 100 Å². The highest BCUT2D eigenvalue weighted by molar-refractivity contribution is 5.78. The van der Waals surface area contributed by atoms with Crippen molar-refractivity contribution in [3.63, 3.8) is 0 Å². The zero-order chi connectivity index (χ0) is 12.1. The van der Waals surface area contributed by atoms with Crippen LogP contribution in [-0.2, 0) is 6.42 Å². The van der Waals surface area contributed by atoms with Crippen LogP contribution in [0.1, 0.15) is 21.6 Å². The third-order valence-electron chi connectivity index (χ3n) is 2.58. The quantitative estimate of drug-likeness (QED) is 0.753. The minimum atomic E-state index is 0.648. The molecule has 3 nitrogen and oxygen atoms in total. The van der Waals surface area contributed by atoms with Crippen LogP contribution in [0.25, 0.3) is 0 Å². The van der Waals surface area contributed by atoms with Gasteiger partial charge >= 0.3 is 0 Å². The molecule has 0 aliphatic carbocycles. The number of pyridine rings is 1. The number of rotatable bonds is 4. The number of ether oxygens (including phenoxy) is 1. The van der Waals surface area contributed by atoms with Gasteiger partial charge in [-0.15, -0.1) is 0 Å². The molecule has 0 saturated heterocycles. The maximum absolute atomic E-state index is 11.0. The Morgan fingerprint density at radius 1 is 1.29 bits per heavy atom. The number of nitrogens with zero attached hydrogens (tertiary/aromatic N) is 1. The van der Waals surface area contributed by atoms with E-state index in [9.17, 15) is 4.79 Å². The summed E-state index contributed by atoms with van der Waals surface area (Å²) < 4.78 is 5.09. The van der Waals surface area contributed by atoms with E-state index in [4.69, 9.17) is 4.74 Å². The second-order valence-corrected chi connectivity index (χ2v) is 3.68. The van der Waals surface area contributed by atoms with E-state index in [1.54, 1.807) is 19.4 Å². The lowest BCUT2D eigenvalue weighted by molar-refractivity contribution is 0.112. The van der Waals surface area contributed by atoms with Gasteiger partial charge in [-0.3, -0.25) is 9.78 Å². The highest BCUT2D eigenvalue weighted by Crippen LogP contribution is 2.18. The Bertz CT molecular complexity index is 509. The fraction of sp³-hybridized carbons (Fsp3) is 0.143. The molecule has 0 radical (unpaired) electrons. The largest absolute Gasteiger partial charge is 0.497 e. The fourth-order valence-corrected chi connectivity index (χ4v) is 1.67. The van der Waals surface area contributed by atoms with Gasteiger partial charge in [0.25, 0.3) is 0 Å². The normalized spacial score (nSPS) is 9.94. The summed E-state index contributed by atoms with van der Waals surface area (Å²) in [7, 11) is 1.59. The van der Waals surface area contributed by atoms with E-state index in [0.717, 1.165) is 17.5 Å². The predicted molar refractivity (Wildman–Crippen MR) is 65.4 cm³/mol. The number of aromatic nitrogens is 1. The first-order valence-corrected chi connectivity index (χ1v) is 5.35. The first-order chi connectivity index (χ1) is 8.33. The van der Waals surface area contributed by atoms with Crippen LogP contribution in [0, 0.1) is 0 Å². The van der Waals surface area contributed by atoms with Gasteiger partial charge in [0.05, 0.1) is 7.11 Å². The summed E-state index contributed by atoms with van der Waals surface area (Å²) in [6.45, 7) is 0. The van der Waals surface area contributed by atoms with E-state index >= 15 is 0 Å². The Balaban J connectivity index is 2.30. The number of hydrogen-bond donors (Lipinski definition) is 0. The van der Waals surface area contributed by atoms with Crippen molar-refractivity contribution in [2.75, 3.05) is 7.11 Å². The summed E-state index contributed by atoms with van der Waals surface area (Å²) in [5.74, 6) is 0.692. The average molecular weight is 227 g/mol. The molecule has 0 spiro atoms. The topological polar surface area (TPSA) is 39.2 Å². The second kappa shape index (κ2) is 5.25. The molecule has 86 valence electrons. The van der Waals surface area contributed by atoms with E-state index in [1.165, 1.54) is 0 Å². The molecule has 1 aromatic carbocycles. The van der Waals surface area contributed by atoms with Crippen LogP contribution in [0.5, 0.6) is 5.75 Å². The molecule has 1 aromatic heterocycles. The number of carbonyl (C=O) groups excluding carboxylic acids is 1. The van der Waals surface area contributed by atoms with Gasteiger partial charge in [-0.05, 0) is 29.8 Å². The van der Waals surface area contributed by atoms with Gasteiger partial charge in [-0.25, -0.2) is 0 Å². The third kappa shape index (κ3) is 2.69. The molecule has 0 fully saturated rings. The van der Waals surface area contributed by atoms with Gasteiger partial charge in [0.1, 0.15) is 12.0 Å². The fourth-order valence-electron chi connectivity index (χ4n) is 1.67. The van der Waals surface area contributed by atoms with Crippen molar-refractivity contribution in [1.29, 1.82) is 0 Å². The number of aldehydes is 1. The molecule has 0 aliphatic rings. The minimum absolute atomic E-state index is 0.648. The van der Waals surface area contributed by atoms with E-state index in [1.807, 2.05) is 30.3 Å². The molecule has 1 heterocycles. The molecule has 0 N–H and O–H groups in total. The summed E-state index contributed by atoms with van der Waals surface area (Å²) >= 11 is 0. The zero-order valence-electron chi connectivity index (χ0n) is 9.59. The van der Waals surface area contributed by atoms with Crippen molar-refractivity contribution in [3.05, 3.63) is 59.4 Å². The molecule has 0 aliphatic heterocycles. The van der Waals surface area contributed by atoms with Crippen LogP contribution in [0.2, 0.25) is 0 Å². The molecule has 2 aromatic rings. The van der Waals surface area contributed by atoms with Crippen molar-refractivity contribution in [3.8, 4) is 5.75 Å². The summed E-state index contributed by atoms with van der Waals surface area (Å²) in [6.07, 6.45) is 3.25. The number of methoxy groups -OCH3 is 1. The van der Waals surface area contributed by atoms with E-state index in [-0.39, 0.29) is 0 Å². The Kier molecular flexibility index (Phi) is 3.50. The van der Waals surface area contributed by atoms with Crippen molar-refractivity contribution < 1.29 is 9.53 Å². The average Bonchev–Trinajstić information content (AvgIpc) is 2.40. The summed E-state index contributed by atoms with van der Waals surface area (Å²) in [4.78, 5) is 15.3. The molecular formula is C14H13NO2. The standard InChI is InChI=1S/C14H13NO2/c1-17-14-6-5-11(12(9-14)10-16)8-13-4-2-3-7-15-13/h2-7,9-10H,8H2,1H3. The van der Waals surface area contributed by atoms with Crippen molar-refractivity contribution in [2.45, 2.75) is 6.42 Å². The lowest BCUT2D eigenvalue weighted by Gasteiger charge is -2.06. The molecule has 3 heteroatoms. The molecule has 0 amide bonds. The maximum Gasteiger partial charge on any atom is 0.150 e. The molecular weight excluding hydrogens is 214 g/mol. The zero-order valence-corrected chi connectivity index (χ0v) is 9.59. The Morgan fingerprint density at radius 3 is 2.82 bits per heavy atom. The van der Waals surface area contributed by atoms with Crippen molar-refractivity contribution in [2.24, 2.45) is 0 Å². The molecule has 0 bridgehead atoms. The maximum atomic E-state index is 11.0. The summed E-state index contributed by atoms with van der Waals surface area (Å²) in [5, 5.41) is 0. The molecule has 17 heavy (non-hydrogen) atoms. The highest BCUT2D eigenvalue weighted by Gasteiger charge is 2.05. The second-order valence-electron chi connectivity index (χ2n) is 3.68. The summed E-state index contributed by atoms with van der Waals surface area (Å²) in [6, 6.07) is 11.2. The molecule has 2 rings (SSSR count). The van der Waals surface area contributed by atoms with Crippen molar-refractivity contribution >= 4 is 6.29 Å². The lowest BCUT2D eigenvalue weighted by Crippen LogP contribution is -1.97. The first-order valence-electron chi connectivity index (χ1n) is 5.35. The van der Waals surface area contributed by atoms with Crippen LogP contribution < -0.4 is 4.74 Å². The smallest absolute Gasteiger partial charge is 0.150 e. The predicted octanol–water partition coefficient (Wildman–Crippen LogP) is 2.49. The van der Waals surface area contributed by atoms with Gasteiger partial charge in [-0.1, -0.05) is 12.1 Å². The van der Waals surface area contributed by atoms with Crippen LogP contribution in [0.15, 0.2) is 42.6 Å². The van der Waals surface area contributed by atoms with Gasteiger partial charge in [0, 0.05) is 23.9 Å². The molecule has 0 unspecified atom stereocenters. The Hall–Kier alpha value is -2.16. The van der Waals surface area contributed by atoms with Crippen molar-refractivity contribution in [1.82, 2.24) is 4.98 Å². The SMILES string of the molecule is COc1ccc(Cc2ccccn2)c(C=O)c1.